The summed E-state index contributed by atoms with van der Waals surface area (Å²) in [6.45, 7) is 11.9. The number of nitrogens with zero attached hydrogens (tertiary/aromatic N) is 3. The van der Waals surface area contributed by atoms with Crippen LogP contribution in [0.5, 0.6) is 0 Å². The van der Waals surface area contributed by atoms with Crippen LogP contribution in [0, 0.1) is 0 Å². The second kappa shape index (κ2) is 11.3. The van der Waals surface area contributed by atoms with E-state index in [-0.39, 0.29) is 18.5 Å². The van der Waals surface area contributed by atoms with Crippen LogP contribution >= 0.6 is 0 Å². The number of hydrogen-bond donors (Lipinski definition) is 0. The maximum Gasteiger partial charge on any atom is 0.320 e. The van der Waals surface area contributed by atoms with E-state index < -0.39 is 0 Å². The highest BCUT2D eigenvalue weighted by atomic mass is 16.2. The molecular formula is C19H37N3O2. The first-order valence-corrected chi connectivity index (χ1v) is 10.0. The largest absolute Gasteiger partial charge is 0.341 e. The fraction of sp³-hybridized carbons (Fsp3) is 0.895. The highest BCUT2D eigenvalue weighted by Gasteiger charge is 2.32. The Morgan fingerprint density at radius 1 is 0.958 bits per heavy atom. The summed E-state index contributed by atoms with van der Waals surface area (Å²) in [5.41, 5.74) is 0. The van der Waals surface area contributed by atoms with E-state index >= 15 is 0 Å². The quantitative estimate of drug-likeness (QED) is 0.709. The highest BCUT2D eigenvalue weighted by Crippen LogP contribution is 2.20. The Bertz CT molecular complexity index is 375. The third-order valence-corrected chi connectivity index (χ3v) is 4.81. The van der Waals surface area contributed by atoms with E-state index in [0.29, 0.717) is 6.04 Å². The molecule has 2 saturated heterocycles. The van der Waals surface area contributed by atoms with Gasteiger partial charge in [0.1, 0.15) is 6.54 Å². The van der Waals surface area contributed by atoms with E-state index in [1.807, 2.05) is 23.6 Å². The molecule has 2 rings (SSSR count). The Morgan fingerprint density at radius 2 is 1.54 bits per heavy atom. The van der Waals surface area contributed by atoms with Gasteiger partial charge in [-0.05, 0) is 32.1 Å². The number of amides is 3. The van der Waals surface area contributed by atoms with Crippen LogP contribution in [0.1, 0.15) is 72.6 Å². The average Bonchev–Trinajstić information content (AvgIpc) is 3.13. The minimum absolute atomic E-state index is 0.0747. The topological polar surface area (TPSA) is 43.9 Å². The molecular weight excluding hydrogens is 302 g/mol. The number of urea groups is 1. The van der Waals surface area contributed by atoms with Gasteiger partial charge < -0.3 is 14.7 Å². The monoisotopic (exact) mass is 339 g/mol. The molecule has 0 N–H and O–H groups in total. The lowest BCUT2D eigenvalue weighted by Crippen LogP contribution is -2.55. The van der Waals surface area contributed by atoms with Crippen molar-refractivity contribution >= 4 is 11.9 Å². The van der Waals surface area contributed by atoms with Gasteiger partial charge in [-0.1, -0.05) is 40.5 Å². The number of likely N-dealkylation sites (tertiary alicyclic amines) is 1. The number of hydrogen-bond acceptors (Lipinski definition) is 2. The third-order valence-electron chi connectivity index (χ3n) is 4.81. The molecule has 0 radical (unpaired) electrons. The zero-order valence-electron chi connectivity index (χ0n) is 16.2. The minimum atomic E-state index is 0.0747. The van der Waals surface area contributed by atoms with Gasteiger partial charge in [-0.15, -0.1) is 0 Å². The van der Waals surface area contributed by atoms with Gasteiger partial charge in [0.15, 0.2) is 0 Å². The molecule has 140 valence electrons. The van der Waals surface area contributed by atoms with Crippen molar-refractivity contribution < 1.29 is 9.59 Å². The maximum absolute atomic E-state index is 12.7. The molecule has 5 nitrogen and oxygen atoms in total. The van der Waals surface area contributed by atoms with Crippen molar-refractivity contribution in [1.82, 2.24) is 14.7 Å². The van der Waals surface area contributed by atoms with E-state index in [1.165, 1.54) is 0 Å². The molecule has 2 fully saturated rings. The van der Waals surface area contributed by atoms with Gasteiger partial charge >= 0.3 is 6.03 Å². The number of carbonyl (C=O) groups is 2. The standard InChI is InChI=1S/C17H31N3O2.C2H6/c1-3-8-15(9-4-2)20-13-7-12-19(17(20)22)14-16(21)18-10-5-6-11-18;1-2/h15H,3-14H2,1-2H3;1-2H3. The second-order valence-corrected chi connectivity index (χ2v) is 6.57. The smallest absolute Gasteiger partial charge is 0.320 e. The Labute approximate surface area is 148 Å². The van der Waals surface area contributed by atoms with Crippen LogP contribution < -0.4 is 0 Å². The van der Waals surface area contributed by atoms with Crippen LogP contribution in [-0.4, -0.2) is 65.4 Å². The molecule has 0 aromatic carbocycles. The second-order valence-electron chi connectivity index (χ2n) is 6.57. The van der Waals surface area contributed by atoms with E-state index in [2.05, 4.69) is 13.8 Å². The third kappa shape index (κ3) is 5.67. The molecule has 3 amide bonds. The van der Waals surface area contributed by atoms with Crippen LogP contribution in [0.2, 0.25) is 0 Å². The summed E-state index contributed by atoms with van der Waals surface area (Å²) < 4.78 is 0. The van der Waals surface area contributed by atoms with E-state index in [4.69, 9.17) is 0 Å². The Morgan fingerprint density at radius 3 is 2.08 bits per heavy atom. The van der Waals surface area contributed by atoms with Crippen molar-refractivity contribution in [2.24, 2.45) is 0 Å². The van der Waals surface area contributed by atoms with E-state index in [9.17, 15) is 9.59 Å². The van der Waals surface area contributed by atoms with Crippen molar-refractivity contribution in [1.29, 1.82) is 0 Å². The van der Waals surface area contributed by atoms with Crippen molar-refractivity contribution in [2.75, 3.05) is 32.7 Å². The fourth-order valence-electron chi connectivity index (χ4n) is 3.64. The van der Waals surface area contributed by atoms with Gasteiger partial charge in [0.2, 0.25) is 5.91 Å². The zero-order chi connectivity index (χ0) is 17.9. The Kier molecular flexibility index (Phi) is 9.80. The van der Waals surface area contributed by atoms with Crippen molar-refractivity contribution in [3.05, 3.63) is 0 Å². The lowest BCUT2D eigenvalue weighted by atomic mass is 10.0. The maximum atomic E-state index is 12.7. The molecule has 2 aliphatic heterocycles. The molecule has 0 aromatic heterocycles. The minimum Gasteiger partial charge on any atom is -0.341 e. The summed E-state index contributed by atoms with van der Waals surface area (Å²) >= 11 is 0. The molecule has 0 saturated carbocycles. The molecule has 2 aliphatic rings. The van der Waals surface area contributed by atoms with Gasteiger partial charge in [-0.2, -0.15) is 0 Å². The number of carbonyl (C=O) groups excluding carboxylic acids is 2. The van der Waals surface area contributed by atoms with E-state index in [0.717, 1.165) is 71.1 Å². The highest BCUT2D eigenvalue weighted by molar-refractivity contribution is 5.84. The van der Waals surface area contributed by atoms with Gasteiger partial charge in [-0.3, -0.25) is 4.79 Å². The van der Waals surface area contributed by atoms with Crippen LogP contribution in [0.3, 0.4) is 0 Å². The normalized spacial score (nSPS) is 18.0. The lowest BCUT2D eigenvalue weighted by Gasteiger charge is -2.40. The van der Waals surface area contributed by atoms with Gasteiger partial charge in [0, 0.05) is 32.2 Å². The average molecular weight is 340 g/mol. The summed E-state index contributed by atoms with van der Waals surface area (Å²) in [5, 5.41) is 0. The molecule has 0 unspecified atom stereocenters. The van der Waals surface area contributed by atoms with Crippen molar-refractivity contribution in [2.45, 2.75) is 78.7 Å². The first kappa shape index (κ1) is 20.8. The summed E-state index contributed by atoms with van der Waals surface area (Å²) in [6, 6.07) is 0.415. The summed E-state index contributed by atoms with van der Waals surface area (Å²) in [5.74, 6) is 0.121. The molecule has 0 aliphatic carbocycles. The molecule has 0 atom stereocenters. The number of rotatable bonds is 7. The van der Waals surface area contributed by atoms with Crippen LogP contribution in [0.4, 0.5) is 4.79 Å². The molecule has 5 heteroatoms. The molecule has 0 spiro atoms. The first-order chi connectivity index (χ1) is 11.7. The molecule has 0 bridgehead atoms. The van der Waals surface area contributed by atoms with Crippen molar-refractivity contribution in [3.63, 3.8) is 0 Å². The van der Waals surface area contributed by atoms with Gasteiger partial charge in [-0.25, -0.2) is 4.79 Å². The first-order valence-electron chi connectivity index (χ1n) is 10.0. The fourth-order valence-corrected chi connectivity index (χ4v) is 3.64. The van der Waals surface area contributed by atoms with Crippen molar-refractivity contribution in [3.8, 4) is 0 Å². The predicted octanol–water partition coefficient (Wildman–Crippen LogP) is 3.73. The summed E-state index contributed by atoms with van der Waals surface area (Å²) in [7, 11) is 0. The van der Waals surface area contributed by atoms with Crippen LogP contribution in [0.15, 0.2) is 0 Å². The van der Waals surface area contributed by atoms with Crippen LogP contribution in [0.25, 0.3) is 0 Å². The van der Waals surface area contributed by atoms with Crippen LogP contribution in [-0.2, 0) is 4.79 Å². The predicted molar refractivity (Wildman–Crippen MR) is 99.1 cm³/mol. The Balaban J connectivity index is 0.00000139. The van der Waals surface area contributed by atoms with Gasteiger partial charge in [0.25, 0.3) is 0 Å². The summed E-state index contributed by atoms with van der Waals surface area (Å²) in [4.78, 5) is 30.7. The molecule has 2 heterocycles. The van der Waals surface area contributed by atoms with E-state index in [1.54, 1.807) is 4.90 Å². The zero-order valence-corrected chi connectivity index (χ0v) is 16.2. The molecule has 24 heavy (non-hydrogen) atoms. The molecule has 0 aromatic rings. The Hall–Kier alpha value is -1.26. The SMILES string of the molecule is CC.CCCC(CCC)N1CCCN(CC(=O)N2CCCC2)C1=O. The summed E-state index contributed by atoms with van der Waals surface area (Å²) in [6.07, 6.45) is 7.49. The van der Waals surface area contributed by atoms with Gasteiger partial charge in [0.05, 0.1) is 0 Å². The lowest BCUT2D eigenvalue weighted by molar-refractivity contribution is -0.131.